The van der Waals surface area contributed by atoms with Crippen molar-refractivity contribution in [3.63, 3.8) is 0 Å². The number of guanidine groups is 1. The molecular weight excluding hydrogens is 432 g/mol. The molecule has 2 aliphatic heterocycles. The van der Waals surface area contributed by atoms with E-state index in [1.165, 1.54) is 25.2 Å². The fraction of sp³-hybridized carbons (Fsp3) is 0.316. The molecule has 12 heteroatoms. The first-order valence-electron chi connectivity index (χ1n) is 9.24. The number of ether oxygens (including phenoxy) is 1. The first-order chi connectivity index (χ1) is 14.6. The predicted octanol–water partition coefficient (Wildman–Crippen LogP) is 1.18. The Labute approximate surface area is 177 Å². The lowest BCUT2D eigenvalue weighted by molar-refractivity contribution is 0.102. The molecule has 3 heterocycles. The van der Waals surface area contributed by atoms with Crippen LogP contribution in [-0.2, 0) is 20.3 Å². The lowest BCUT2D eigenvalue weighted by atomic mass is 9.86. The minimum Gasteiger partial charge on any atom is -0.374 e. The van der Waals surface area contributed by atoms with Gasteiger partial charge in [0.05, 0.1) is 18.9 Å². The molecule has 3 unspecified atom stereocenters. The van der Waals surface area contributed by atoms with E-state index < -0.39 is 44.5 Å². The van der Waals surface area contributed by atoms with Crippen LogP contribution in [0, 0.1) is 11.6 Å². The van der Waals surface area contributed by atoms with E-state index in [9.17, 15) is 22.0 Å². The summed E-state index contributed by atoms with van der Waals surface area (Å²) in [5.41, 5.74) is 4.27. The van der Waals surface area contributed by atoms with Crippen molar-refractivity contribution in [1.82, 2.24) is 9.29 Å². The Morgan fingerprint density at radius 2 is 2.06 bits per heavy atom. The smallest absolute Gasteiger partial charge is 0.274 e. The molecule has 31 heavy (non-hydrogen) atoms. The molecule has 1 aromatic carbocycles. The highest BCUT2D eigenvalue weighted by molar-refractivity contribution is 7.90. The number of sulfonamides is 1. The van der Waals surface area contributed by atoms with Crippen LogP contribution in [0.1, 0.15) is 23.0 Å². The maximum atomic E-state index is 15.0. The first-order valence-corrected chi connectivity index (χ1v) is 10.7. The van der Waals surface area contributed by atoms with Crippen LogP contribution in [0.3, 0.4) is 0 Å². The zero-order valence-electron chi connectivity index (χ0n) is 16.5. The molecule has 0 bridgehead atoms. The quantitative estimate of drug-likeness (QED) is 0.722. The number of aromatic nitrogens is 1. The second kappa shape index (κ2) is 7.24. The van der Waals surface area contributed by atoms with Gasteiger partial charge >= 0.3 is 0 Å². The fourth-order valence-corrected chi connectivity index (χ4v) is 5.85. The lowest BCUT2D eigenvalue weighted by Crippen LogP contribution is -2.58. The molecule has 0 saturated carbocycles. The standard InChI is InChI=1S/C19H19F2N5O4S/c1-10-16-19(9-30-10,25-18(22)26(2)31(16,28)29)13-7-12(4-5-14(13)21)24-17(27)15-6-3-11(20)8-23-15/h3-8,10,16H,9H2,1-2H3,(H2,22,25)(H,24,27). The minimum absolute atomic E-state index is 0.0507. The number of nitrogens with two attached hydrogens (primary N) is 1. The normalized spacial score (nSPS) is 26.8. The van der Waals surface area contributed by atoms with Gasteiger partial charge in [-0.05, 0) is 37.3 Å². The summed E-state index contributed by atoms with van der Waals surface area (Å²) in [6, 6.07) is 5.98. The van der Waals surface area contributed by atoms with Gasteiger partial charge in [-0.2, -0.15) is 0 Å². The predicted molar refractivity (Wildman–Crippen MR) is 108 cm³/mol. The van der Waals surface area contributed by atoms with Crippen LogP contribution in [0.4, 0.5) is 14.5 Å². The SMILES string of the molecule is CC1OCC2(c3cc(NC(=O)c4ccc(F)cn4)ccc3F)N=C(N)N(C)S(=O)(=O)C12. The summed E-state index contributed by atoms with van der Waals surface area (Å²) in [5, 5.41) is 1.33. The van der Waals surface area contributed by atoms with Crippen molar-refractivity contribution >= 4 is 27.6 Å². The van der Waals surface area contributed by atoms with Gasteiger partial charge < -0.3 is 15.8 Å². The van der Waals surface area contributed by atoms with Gasteiger partial charge in [-0.1, -0.05) is 0 Å². The molecule has 0 spiro atoms. The number of nitrogens with one attached hydrogen (secondary N) is 1. The number of benzene rings is 1. The van der Waals surface area contributed by atoms with E-state index in [4.69, 9.17) is 10.5 Å². The molecule has 164 valence electrons. The second-order valence-electron chi connectivity index (χ2n) is 7.35. The van der Waals surface area contributed by atoms with Gasteiger partial charge in [-0.3, -0.25) is 4.79 Å². The van der Waals surface area contributed by atoms with Crippen molar-refractivity contribution in [3.8, 4) is 0 Å². The Hall–Kier alpha value is -3.12. The number of halogens is 2. The third-order valence-corrected chi connectivity index (χ3v) is 7.82. The van der Waals surface area contributed by atoms with Crippen LogP contribution in [0.15, 0.2) is 41.5 Å². The van der Waals surface area contributed by atoms with Crippen LogP contribution in [-0.4, -0.2) is 54.6 Å². The number of nitrogens with zero attached hydrogens (tertiary/aromatic N) is 3. The van der Waals surface area contributed by atoms with Crippen LogP contribution < -0.4 is 11.1 Å². The molecule has 3 N–H and O–H groups in total. The summed E-state index contributed by atoms with van der Waals surface area (Å²) in [4.78, 5) is 20.4. The third-order valence-electron chi connectivity index (χ3n) is 5.45. The van der Waals surface area contributed by atoms with Crippen molar-refractivity contribution in [1.29, 1.82) is 0 Å². The molecule has 0 aliphatic carbocycles. The van der Waals surface area contributed by atoms with Crippen molar-refractivity contribution in [2.75, 3.05) is 19.0 Å². The molecule has 1 amide bonds. The maximum Gasteiger partial charge on any atom is 0.274 e. The first kappa shape index (κ1) is 21.1. The summed E-state index contributed by atoms with van der Waals surface area (Å²) in [6.45, 7) is 1.36. The lowest BCUT2D eigenvalue weighted by Gasteiger charge is -2.39. The minimum atomic E-state index is -3.99. The average Bonchev–Trinajstić information content (AvgIpc) is 3.06. The molecule has 2 aromatic rings. The largest absolute Gasteiger partial charge is 0.374 e. The molecule has 2 aliphatic rings. The Bertz CT molecular complexity index is 1190. The Morgan fingerprint density at radius 3 is 2.74 bits per heavy atom. The van der Waals surface area contributed by atoms with E-state index in [0.717, 1.165) is 22.6 Å². The van der Waals surface area contributed by atoms with E-state index in [-0.39, 0.29) is 29.5 Å². The van der Waals surface area contributed by atoms with Gasteiger partial charge in [0.2, 0.25) is 16.0 Å². The number of amides is 1. The van der Waals surface area contributed by atoms with E-state index in [1.807, 2.05) is 0 Å². The molecule has 1 aromatic heterocycles. The Morgan fingerprint density at radius 1 is 1.32 bits per heavy atom. The van der Waals surface area contributed by atoms with Gasteiger partial charge in [0.25, 0.3) is 5.91 Å². The van der Waals surface area contributed by atoms with E-state index in [0.29, 0.717) is 0 Å². The number of carbonyl (C=O) groups is 1. The van der Waals surface area contributed by atoms with Gasteiger partial charge in [-0.25, -0.2) is 31.5 Å². The highest BCUT2D eigenvalue weighted by Gasteiger charge is 2.61. The number of hydrogen-bond donors (Lipinski definition) is 2. The van der Waals surface area contributed by atoms with Gasteiger partial charge in [0.15, 0.2) is 0 Å². The van der Waals surface area contributed by atoms with Crippen LogP contribution in [0.2, 0.25) is 0 Å². The highest BCUT2D eigenvalue weighted by Crippen LogP contribution is 2.46. The molecule has 0 radical (unpaired) electrons. The number of fused-ring (bicyclic) bond motifs is 1. The zero-order chi connectivity index (χ0) is 22.6. The van der Waals surface area contributed by atoms with Crippen LogP contribution in [0.25, 0.3) is 0 Å². The van der Waals surface area contributed by atoms with Gasteiger partial charge in [-0.15, -0.1) is 0 Å². The summed E-state index contributed by atoms with van der Waals surface area (Å²) < 4.78 is 60.5. The molecule has 9 nitrogen and oxygen atoms in total. The van der Waals surface area contributed by atoms with Crippen molar-refractivity contribution in [2.24, 2.45) is 10.7 Å². The monoisotopic (exact) mass is 451 g/mol. The number of aliphatic imine (C=N–C) groups is 1. The number of rotatable bonds is 3. The maximum absolute atomic E-state index is 15.0. The molecule has 4 rings (SSSR count). The third kappa shape index (κ3) is 3.31. The number of anilines is 1. The summed E-state index contributed by atoms with van der Waals surface area (Å²) in [5.74, 6) is -2.27. The van der Waals surface area contributed by atoms with E-state index in [1.54, 1.807) is 6.92 Å². The van der Waals surface area contributed by atoms with Crippen molar-refractivity contribution in [3.05, 3.63) is 59.4 Å². The Balaban J connectivity index is 1.77. The van der Waals surface area contributed by atoms with Gasteiger partial charge in [0, 0.05) is 18.3 Å². The van der Waals surface area contributed by atoms with Crippen LogP contribution in [0.5, 0.6) is 0 Å². The number of pyridine rings is 1. The molecule has 1 fully saturated rings. The number of hydrogen-bond acceptors (Lipinski definition) is 7. The molecule has 3 atom stereocenters. The Kier molecular flexibility index (Phi) is 4.93. The van der Waals surface area contributed by atoms with Gasteiger partial charge in [0.1, 0.15) is 28.1 Å². The summed E-state index contributed by atoms with van der Waals surface area (Å²) >= 11 is 0. The van der Waals surface area contributed by atoms with Crippen molar-refractivity contribution in [2.45, 2.75) is 23.8 Å². The zero-order valence-corrected chi connectivity index (χ0v) is 17.4. The average molecular weight is 451 g/mol. The highest BCUT2D eigenvalue weighted by atomic mass is 32.2. The topological polar surface area (TPSA) is 127 Å². The van der Waals surface area contributed by atoms with Crippen molar-refractivity contribution < 1.29 is 26.7 Å². The summed E-state index contributed by atoms with van der Waals surface area (Å²) in [7, 11) is -2.72. The molecular formula is C19H19F2N5O4S. The second-order valence-corrected chi connectivity index (χ2v) is 9.44. The number of carbonyl (C=O) groups excluding carboxylic acids is 1. The van der Waals surface area contributed by atoms with E-state index >= 15 is 0 Å². The fourth-order valence-electron chi connectivity index (χ4n) is 3.91. The molecule has 1 saturated heterocycles. The van der Waals surface area contributed by atoms with Crippen LogP contribution >= 0.6 is 0 Å². The van der Waals surface area contributed by atoms with E-state index in [2.05, 4.69) is 15.3 Å². The summed E-state index contributed by atoms with van der Waals surface area (Å²) in [6.07, 6.45) is 0.123.